The van der Waals surface area contributed by atoms with Crippen molar-refractivity contribution < 1.29 is 53.2 Å². The van der Waals surface area contributed by atoms with Crippen LogP contribution in [0.3, 0.4) is 0 Å². The molecule has 0 aromatic heterocycles. The van der Waals surface area contributed by atoms with E-state index in [0.717, 1.165) is 0 Å². The second-order valence-electron chi connectivity index (χ2n) is 3.06. The molecule has 1 fully saturated rings. The summed E-state index contributed by atoms with van der Waals surface area (Å²) in [5, 5.41) is 0. The van der Waals surface area contributed by atoms with Crippen LogP contribution in [-0.2, 0) is 23.7 Å². The van der Waals surface area contributed by atoms with Crippen LogP contribution in [0.25, 0.3) is 0 Å². The zero-order chi connectivity index (χ0) is 10.6. The van der Waals surface area contributed by atoms with Gasteiger partial charge >= 0.3 is 29.6 Å². The van der Waals surface area contributed by atoms with Crippen LogP contribution < -0.4 is 29.6 Å². The minimum atomic E-state index is 0. The first-order chi connectivity index (χ1) is 7.50. The van der Waals surface area contributed by atoms with Gasteiger partial charge in [0.05, 0.1) is 66.1 Å². The fourth-order valence-corrected chi connectivity index (χ4v) is 1.10. The first kappa shape index (κ1) is 20.2. The van der Waals surface area contributed by atoms with Crippen molar-refractivity contribution in [3.63, 3.8) is 0 Å². The summed E-state index contributed by atoms with van der Waals surface area (Å²) in [5.74, 6) is 0. The Morgan fingerprint density at radius 1 is 0.353 bits per heavy atom. The Labute approximate surface area is 127 Å². The van der Waals surface area contributed by atoms with Crippen LogP contribution in [0.2, 0.25) is 0 Å². The zero-order valence-corrected chi connectivity index (χ0v) is 12.1. The molecule has 0 atom stereocenters. The van der Waals surface area contributed by atoms with E-state index in [9.17, 15) is 0 Å². The smallest absolute Gasteiger partial charge is 0.377 e. The van der Waals surface area contributed by atoms with E-state index >= 15 is 0 Å². The molecule has 0 spiro atoms. The Morgan fingerprint density at radius 3 is 0.588 bits per heavy atom. The second-order valence-corrected chi connectivity index (χ2v) is 3.06. The minimum absolute atomic E-state index is 0. The Bertz CT molecular complexity index is 83.3. The van der Waals surface area contributed by atoms with Crippen LogP contribution in [0, 0.1) is 0 Å². The Balaban J connectivity index is 0. The van der Waals surface area contributed by atoms with Crippen molar-refractivity contribution in [3.8, 4) is 0 Å². The van der Waals surface area contributed by atoms with Crippen molar-refractivity contribution in [2.45, 2.75) is 0 Å². The standard InChI is InChI=1S/C10H20O5.BH4.Na/c1-2-12-5-6-14-9-10-15-8-7-13-4-3-11-1;;/h1-10H2;1H4;/q;-1;+1. The molecule has 5 nitrogen and oxygen atoms in total. The van der Waals surface area contributed by atoms with Crippen molar-refractivity contribution in [2.75, 3.05) is 66.1 Å². The predicted molar refractivity (Wildman–Crippen MR) is 65.4 cm³/mol. The van der Waals surface area contributed by atoms with E-state index in [1.807, 2.05) is 0 Å². The van der Waals surface area contributed by atoms with Gasteiger partial charge in [0.15, 0.2) is 0 Å². The molecule has 0 aromatic carbocycles. The fourth-order valence-electron chi connectivity index (χ4n) is 1.10. The Morgan fingerprint density at radius 2 is 0.471 bits per heavy atom. The summed E-state index contributed by atoms with van der Waals surface area (Å²) in [6.45, 7) is 6.11. The molecule has 1 rings (SSSR count). The maximum Gasteiger partial charge on any atom is 1.00 e. The second kappa shape index (κ2) is 16.9. The van der Waals surface area contributed by atoms with Crippen molar-refractivity contribution >= 4 is 8.41 Å². The maximum absolute atomic E-state index is 5.28. The van der Waals surface area contributed by atoms with Crippen molar-refractivity contribution in [2.24, 2.45) is 0 Å². The van der Waals surface area contributed by atoms with E-state index in [4.69, 9.17) is 23.7 Å². The molecule has 17 heavy (non-hydrogen) atoms. The van der Waals surface area contributed by atoms with Gasteiger partial charge in [0.25, 0.3) is 0 Å². The third kappa shape index (κ3) is 14.8. The molecule has 0 N–H and O–H groups in total. The van der Waals surface area contributed by atoms with Crippen LogP contribution in [0.1, 0.15) is 0 Å². The molecule has 98 valence electrons. The molecule has 0 unspecified atom stereocenters. The maximum atomic E-state index is 5.28. The molecule has 0 amide bonds. The summed E-state index contributed by atoms with van der Waals surface area (Å²) in [7, 11) is 0. The number of hydrogen-bond acceptors (Lipinski definition) is 5. The third-order valence-electron chi connectivity index (χ3n) is 1.86. The topological polar surface area (TPSA) is 46.2 Å². The molecule has 1 aliphatic rings. The summed E-state index contributed by atoms with van der Waals surface area (Å²) < 4.78 is 26.4. The van der Waals surface area contributed by atoms with Gasteiger partial charge in [-0.3, -0.25) is 0 Å². The molecule has 1 aliphatic heterocycles. The number of hydrogen-bond donors (Lipinski definition) is 0. The summed E-state index contributed by atoms with van der Waals surface area (Å²) in [6.07, 6.45) is 0. The van der Waals surface area contributed by atoms with Gasteiger partial charge in [0.2, 0.25) is 0 Å². The number of rotatable bonds is 0. The van der Waals surface area contributed by atoms with Gasteiger partial charge in [-0.15, -0.1) is 0 Å². The van der Waals surface area contributed by atoms with E-state index in [2.05, 4.69) is 0 Å². The molecule has 0 radical (unpaired) electrons. The van der Waals surface area contributed by atoms with Gasteiger partial charge in [0, 0.05) is 0 Å². The normalized spacial score (nSPS) is 21.2. The van der Waals surface area contributed by atoms with Crippen LogP contribution in [0.5, 0.6) is 0 Å². The van der Waals surface area contributed by atoms with Crippen molar-refractivity contribution in [1.82, 2.24) is 0 Å². The fraction of sp³-hybridized carbons (Fsp3) is 1.00. The molecule has 1 saturated heterocycles. The van der Waals surface area contributed by atoms with Gasteiger partial charge in [-0.1, -0.05) is 8.41 Å². The van der Waals surface area contributed by atoms with Crippen LogP contribution >= 0.6 is 0 Å². The van der Waals surface area contributed by atoms with Crippen molar-refractivity contribution in [1.29, 1.82) is 0 Å². The first-order valence-electron chi connectivity index (χ1n) is 5.39. The van der Waals surface area contributed by atoms with Gasteiger partial charge in [0.1, 0.15) is 0 Å². The van der Waals surface area contributed by atoms with Crippen LogP contribution in [0.15, 0.2) is 0 Å². The van der Waals surface area contributed by atoms with Gasteiger partial charge in [-0.2, -0.15) is 0 Å². The van der Waals surface area contributed by atoms with E-state index in [-0.39, 0.29) is 38.0 Å². The third-order valence-corrected chi connectivity index (χ3v) is 1.86. The summed E-state index contributed by atoms with van der Waals surface area (Å²) >= 11 is 0. The zero-order valence-electron chi connectivity index (χ0n) is 10.1. The van der Waals surface area contributed by atoms with Gasteiger partial charge in [-0.05, 0) is 0 Å². The summed E-state index contributed by atoms with van der Waals surface area (Å²) in [6, 6.07) is 0. The predicted octanol–water partition coefficient (Wildman–Crippen LogP) is -4.36. The molecular weight excluding hydrogens is 234 g/mol. The quantitative estimate of drug-likeness (QED) is 0.411. The van der Waals surface area contributed by atoms with Crippen LogP contribution in [0.4, 0.5) is 0 Å². The average Bonchev–Trinajstić information content (AvgIpc) is 2.27. The van der Waals surface area contributed by atoms with E-state index in [1.165, 1.54) is 0 Å². The largest absolute Gasteiger partial charge is 1.00 e. The Hall–Kier alpha value is 0.865. The van der Waals surface area contributed by atoms with Gasteiger partial charge in [-0.25, -0.2) is 0 Å². The molecule has 0 saturated carbocycles. The molecule has 0 aromatic rings. The molecule has 0 bridgehead atoms. The van der Waals surface area contributed by atoms with Crippen LogP contribution in [-0.4, -0.2) is 74.5 Å². The molecule has 0 aliphatic carbocycles. The van der Waals surface area contributed by atoms with E-state index < -0.39 is 0 Å². The van der Waals surface area contributed by atoms with Gasteiger partial charge < -0.3 is 23.7 Å². The summed E-state index contributed by atoms with van der Waals surface area (Å²) in [5.41, 5.74) is 0. The number of ether oxygens (including phenoxy) is 5. The van der Waals surface area contributed by atoms with E-state index in [0.29, 0.717) is 66.1 Å². The van der Waals surface area contributed by atoms with E-state index in [1.54, 1.807) is 0 Å². The first-order valence-corrected chi connectivity index (χ1v) is 5.39. The van der Waals surface area contributed by atoms with Crippen molar-refractivity contribution in [3.05, 3.63) is 0 Å². The average molecular weight is 258 g/mol. The SMILES string of the molecule is C1COCCOCCOCCOCCO1.[BH4-].[Na+]. The molecular formula is C10H24BNaO5. The Kier molecular flexibility index (Phi) is 20.0. The minimum Gasteiger partial charge on any atom is -0.377 e. The molecule has 1 heterocycles. The molecule has 7 heteroatoms. The monoisotopic (exact) mass is 258 g/mol. The summed E-state index contributed by atoms with van der Waals surface area (Å²) in [4.78, 5) is 0.